The number of carbonyl (C=O) groups is 2. The van der Waals surface area contributed by atoms with Crippen molar-refractivity contribution in [2.45, 2.75) is 24.9 Å². The zero-order valence-corrected chi connectivity index (χ0v) is 20.6. The summed E-state index contributed by atoms with van der Waals surface area (Å²) in [4.78, 5) is 24.3. The number of sulfonamides is 1. The van der Waals surface area contributed by atoms with E-state index in [1.807, 2.05) is 0 Å². The molecule has 0 bridgehead atoms. The fraction of sp³-hybridized carbons (Fsp3) is 0.200. The molecule has 0 aromatic heterocycles. The van der Waals surface area contributed by atoms with E-state index in [1.54, 1.807) is 67.6 Å². The predicted molar refractivity (Wildman–Crippen MR) is 130 cm³/mol. The highest BCUT2D eigenvalue weighted by molar-refractivity contribution is 7.89. The van der Waals surface area contributed by atoms with E-state index in [0.29, 0.717) is 27.3 Å². The number of halogens is 1. The second kappa shape index (κ2) is 10.8. The first-order chi connectivity index (χ1) is 16.1. The molecule has 0 aliphatic carbocycles. The van der Waals surface area contributed by atoms with Crippen LogP contribution in [0.5, 0.6) is 0 Å². The van der Waals surface area contributed by atoms with Gasteiger partial charge in [-0.05, 0) is 60.0 Å². The predicted octanol–water partition coefficient (Wildman–Crippen LogP) is 4.19. The molecule has 0 fully saturated rings. The summed E-state index contributed by atoms with van der Waals surface area (Å²) in [5, 5.41) is 3.21. The molecule has 0 radical (unpaired) electrons. The van der Waals surface area contributed by atoms with Gasteiger partial charge in [0.2, 0.25) is 10.0 Å². The van der Waals surface area contributed by atoms with E-state index < -0.39 is 16.0 Å². The van der Waals surface area contributed by atoms with Crippen LogP contribution in [0, 0.1) is 6.92 Å². The topological polar surface area (TPSA) is 92.8 Å². The number of rotatable bonds is 8. The van der Waals surface area contributed by atoms with Crippen molar-refractivity contribution in [1.82, 2.24) is 9.62 Å². The molecule has 0 saturated carbocycles. The second-order valence-electron chi connectivity index (χ2n) is 7.70. The van der Waals surface area contributed by atoms with Gasteiger partial charge in [0, 0.05) is 30.7 Å². The minimum atomic E-state index is -3.77. The maximum absolute atomic E-state index is 13.0. The molecule has 3 aromatic rings. The van der Waals surface area contributed by atoms with E-state index >= 15 is 0 Å². The lowest BCUT2D eigenvalue weighted by Gasteiger charge is -2.19. The molecule has 0 saturated heterocycles. The summed E-state index contributed by atoms with van der Waals surface area (Å²) >= 11 is 6.09. The molecule has 34 heavy (non-hydrogen) atoms. The lowest BCUT2D eigenvalue weighted by Crippen LogP contribution is -2.27. The van der Waals surface area contributed by atoms with Crippen LogP contribution in [0.25, 0.3) is 0 Å². The molecule has 178 valence electrons. The summed E-state index contributed by atoms with van der Waals surface area (Å²) in [6, 6.07) is 18.3. The lowest BCUT2D eigenvalue weighted by molar-refractivity contribution is 0.0600. The van der Waals surface area contributed by atoms with E-state index in [0.717, 1.165) is 5.56 Å². The number of nitrogens with zero attached hydrogens (tertiary/aromatic N) is 1. The highest BCUT2D eigenvalue weighted by Crippen LogP contribution is 2.26. The Kier molecular flexibility index (Phi) is 8.09. The van der Waals surface area contributed by atoms with E-state index in [4.69, 9.17) is 11.6 Å². The molecule has 1 N–H and O–H groups in total. The molecule has 9 heteroatoms. The average molecular weight is 501 g/mol. The number of methoxy groups -OCH3 is 1. The molecule has 3 rings (SSSR count). The molecule has 0 aliphatic rings. The number of hydrogen-bond acceptors (Lipinski definition) is 5. The van der Waals surface area contributed by atoms with Crippen LogP contribution >= 0.6 is 11.6 Å². The Bertz CT molecular complexity index is 1310. The second-order valence-corrected chi connectivity index (χ2v) is 10.1. The molecule has 0 spiro atoms. The fourth-order valence-electron chi connectivity index (χ4n) is 3.35. The van der Waals surface area contributed by atoms with Crippen molar-refractivity contribution in [3.63, 3.8) is 0 Å². The van der Waals surface area contributed by atoms with Crippen LogP contribution in [-0.2, 0) is 27.8 Å². The molecule has 1 amide bonds. The lowest BCUT2D eigenvalue weighted by atomic mass is 10.1. The minimum absolute atomic E-state index is 0.0877. The van der Waals surface area contributed by atoms with Crippen molar-refractivity contribution in [3.8, 4) is 0 Å². The first kappa shape index (κ1) is 25.4. The summed E-state index contributed by atoms with van der Waals surface area (Å²) < 4.78 is 32.0. The first-order valence-electron chi connectivity index (χ1n) is 10.4. The van der Waals surface area contributed by atoms with Crippen molar-refractivity contribution < 1.29 is 22.7 Å². The van der Waals surface area contributed by atoms with E-state index in [1.165, 1.54) is 24.5 Å². The molecule has 3 aromatic carbocycles. The van der Waals surface area contributed by atoms with Crippen LogP contribution in [-0.4, -0.2) is 38.8 Å². The van der Waals surface area contributed by atoms with Crippen LogP contribution < -0.4 is 5.32 Å². The van der Waals surface area contributed by atoms with Crippen molar-refractivity contribution in [2.75, 3.05) is 14.2 Å². The number of ether oxygens (including phenoxy) is 1. The minimum Gasteiger partial charge on any atom is -0.465 e. The smallest absolute Gasteiger partial charge is 0.337 e. The molecule has 0 aliphatic heterocycles. The van der Waals surface area contributed by atoms with Gasteiger partial charge in [0.05, 0.1) is 17.6 Å². The Hall–Kier alpha value is -3.20. The molecular weight excluding hydrogens is 476 g/mol. The largest absolute Gasteiger partial charge is 0.465 e. The van der Waals surface area contributed by atoms with Crippen molar-refractivity contribution in [2.24, 2.45) is 0 Å². The van der Waals surface area contributed by atoms with E-state index in [-0.39, 0.29) is 23.9 Å². The third kappa shape index (κ3) is 5.83. The van der Waals surface area contributed by atoms with Crippen molar-refractivity contribution in [1.29, 1.82) is 0 Å². The van der Waals surface area contributed by atoms with Crippen LogP contribution in [0.2, 0.25) is 5.02 Å². The van der Waals surface area contributed by atoms with Gasteiger partial charge in [0.1, 0.15) is 0 Å². The Balaban J connectivity index is 1.67. The highest BCUT2D eigenvalue weighted by atomic mass is 35.5. The maximum atomic E-state index is 13.0. The SMILES string of the molecule is COC(=O)c1ccc(CNC(=O)c2cccc(CN(C)S(=O)(=O)c3cccc(Cl)c3C)c2)cc1. The summed E-state index contributed by atoms with van der Waals surface area (Å²) in [7, 11) is -0.964. The Morgan fingerprint density at radius 3 is 2.32 bits per heavy atom. The Labute approximate surface area is 204 Å². The third-order valence-corrected chi connectivity index (χ3v) is 7.69. The van der Waals surface area contributed by atoms with Crippen LogP contribution in [0.4, 0.5) is 0 Å². The number of esters is 1. The first-order valence-corrected chi connectivity index (χ1v) is 12.2. The van der Waals surface area contributed by atoms with Gasteiger partial charge in [-0.25, -0.2) is 13.2 Å². The molecule has 7 nitrogen and oxygen atoms in total. The van der Waals surface area contributed by atoms with E-state index in [9.17, 15) is 18.0 Å². The summed E-state index contributed by atoms with van der Waals surface area (Å²) in [6.45, 7) is 2.02. The van der Waals surface area contributed by atoms with Gasteiger partial charge in [0.25, 0.3) is 5.91 Å². The molecular formula is C25H25ClN2O5S. The van der Waals surface area contributed by atoms with Gasteiger partial charge in [-0.1, -0.05) is 41.9 Å². The molecule has 0 unspecified atom stereocenters. The maximum Gasteiger partial charge on any atom is 0.337 e. The normalized spacial score (nSPS) is 11.3. The molecule has 0 heterocycles. The zero-order chi connectivity index (χ0) is 24.9. The Morgan fingerprint density at radius 2 is 1.65 bits per heavy atom. The van der Waals surface area contributed by atoms with Crippen LogP contribution in [0.3, 0.4) is 0 Å². The van der Waals surface area contributed by atoms with Crippen LogP contribution in [0.1, 0.15) is 37.4 Å². The zero-order valence-electron chi connectivity index (χ0n) is 19.0. The number of carbonyl (C=O) groups excluding carboxylic acids is 2. The molecule has 0 atom stereocenters. The van der Waals surface area contributed by atoms with Crippen molar-refractivity contribution in [3.05, 3.63) is 99.6 Å². The summed E-state index contributed by atoms with van der Waals surface area (Å²) in [6.07, 6.45) is 0. The third-order valence-electron chi connectivity index (χ3n) is 5.33. The number of amides is 1. The summed E-state index contributed by atoms with van der Waals surface area (Å²) in [5.74, 6) is -0.722. The van der Waals surface area contributed by atoms with Gasteiger partial charge in [-0.15, -0.1) is 0 Å². The standard InChI is InChI=1S/C25H25ClN2O5S/c1-17-22(26)8-5-9-23(17)34(31,32)28(2)16-19-6-4-7-21(14-19)24(29)27-15-18-10-12-20(13-11-18)25(30)33-3/h4-14H,15-16H2,1-3H3,(H,27,29). The van der Waals surface area contributed by atoms with Crippen LogP contribution in [0.15, 0.2) is 71.6 Å². The van der Waals surface area contributed by atoms with Gasteiger partial charge in [-0.3, -0.25) is 4.79 Å². The Morgan fingerprint density at radius 1 is 0.971 bits per heavy atom. The monoisotopic (exact) mass is 500 g/mol. The van der Waals surface area contributed by atoms with Gasteiger partial charge in [-0.2, -0.15) is 4.31 Å². The summed E-state index contributed by atoms with van der Waals surface area (Å²) in [5.41, 5.74) is 2.82. The van der Waals surface area contributed by atoms with Gasteiger partial charge >= 0.3 is 5.97 Å². The van der Waals surface area contributed by atoms with Gasteiger partial charge < -0.3 is 10.1 Å². The number of hydrogen-bond donors (Lipinski definition) is 1. The van der Waals surface area contributed by atoms with E-state index in [2.05, 4.69) is 10.1 Å². The van der Waals surface area contributed by atoms with Crippen molar-refractivity contribution >= 4 is 33.5 Å². The fourth-order valence-corrected chi connectivity index (χ4v) is 4.98. The number of benzene rings is 3. The average Bonchev–Trinajstić information content (AvgIpc) is 2.84. The highest BCUT2D eigenvalue weighted by Gasteiger charge is 2.24. The number of nitrogens with one attached hydrogen (secondary N) is 1. The quantitative estimate of drug-likeness (QED) is 0.468. The van der Waals surface area contributed by atoms with Gasteiger partial charge in [0.15, 0.2) is 0 Å².